The summed E-state index contributed by atoms with van der Waals surface area (Å²) in [5.41, 5.74) is 1.51. The van der Waals surface area contributed by atoms with Crippen LogP contribution in [0.25, 0.3) is 0 Å². The molecule has 1 N–H and O–H groups in total. The van der Waals surface area contributed by atoms with Gasteiger partial charge in [0.15, 0.2) is 5.82 Å². The third-order valence-electron chi connectivity index (χ3n) is 4.91. The van der Waals surface area contributed by atoms with E-state index in [1.54, 1.807) is 24.3 Å². The number of halogens is 1. The van der Waals surface area contributed by atoms with Crippen LogP contribution in [0.3, 0.4) is 0 Å². The second-order valence-electron chi connectivity index (χ2n) is 6.76. The van der Waals surface area contributed by atoms with Gasteiger partial charge in [-0.25, -0.2) is 9.18 Å². The molecule has 2 amide bonds. The van der Waals surface area contributed by atoms with Crippen molar-refractivity contribution >= 4 is 11.7 Å². The van der Waals surface area contributed by atoms with E-state index in [9.17, 15) is 9.18 Å². The molecule has 2 heterocycles. The number of carbonyl (C=O) groups is 1. The molecular weight excluding hydrogens is 347 g/mol. The van der Waals surface area contributed by atoms with Gasteiger partial charge in [0.2, 0.25) is 0 Å². The molecule has 0 aliphatic carbocycles. The Hall–Kier alpha value is -2.83. The highest BCUT2D eigenvalue weighted by Crippen LogP contribution is 2.23. The fraction of sp³-hybridized carbons (Fsp3) is 0.400. The van der Waals surface area contributed by atoms with E-state index in [4.69, 9.17) is 4.74 Å². The van der Waals surface area contributed by atoms with E-state index in [0.29, 0.717) is 25.3 Å². The van der Waals surface area contributed by atoms with E-state index in [2.05, 4.69) is 10.3 Å². The van der Waals surface area contributed by atoms with Gasteiger partial charge in [-0.15, -0.1) is 0 Å². The fourth-order valence-electron chi connectivity index (χ4n) is 3.36. The third-order valence-corrected chi connectivity index (χ3v) is 4.91. The van der Waals surface area contributed by atoms with Gasteiger partial charge >= 0.3 is 6.03 Å². The SMILES string of the molecule is COc1cccc([C@@H](C)NC(=O)N2CCN(c3ccncc3F)C[C@@H]2C)c1. The van der Waals surface area contributed by atoms with Gasteiger partial charge in [-0.1, -0.05) is 12.1 Å². The van der Waals surface area contributed by atoms with Crippen molar-refractivity contribution < 1.29 is 13.9 Å². The number of pyridine rings is 1. The molecule has 1 aliphatic rings. The number of nitrogens with zero attached hydrogens (tertiary/aromatic N) is 3. The third kappa shape index (κ3) is 4.30. The minimum Gasteiger partial charge on any atom is -0.497 e. The van der Waals surface area contributed by atoms with Gasteiger partial charge in [0.1, 0.15) is 5.75 Å². The maximum Gasteiger partial charge on any atom is 0.318 e. The lowest BCUT2D eigenvalue weighted by molar-refractivity contribution is 0.168. The molecule has 27 heavy (non-hydrogen) atoms. The lowest BCUT2D eigenvalue weighted by Gasteiger charge is -2.41. The number of amides is 2. The lowest BCUT2D eigenvalue weighted by Crippen LogP contribution is -2.57. The minimum atomic E-state index is -0.339. The van der Waals surface area contributed by atoms with E-state index >= 15 is 0 Å². The van der Waals surface area contributed by atoms with Crippen LogP contribution < -0.4 is 15.0 Å². The Morgan fingerprint density at radius 1 is 1.37 bits per heavy atom. The zero-order valence-corrected chi connectivity index (χ0v) is 15.9. The van der Waals surface area contributed by atoms with Crippen LogP contribution in [-0.4, -0.2) is 48.7 Å². The Bertz CT molecular complexity index is 801. The smallest absolute Gasteiger partial charge is 0.318 e. The molecule has 144 valence electrons. The monoisotopic (exact) mass is 372 g/mol. The van der Waals surface area contributed by atoms with Crippen molar-refractivity contribution in [3.63, 3.8) is 0 Å². The predicted octanol–water partition coefficient (Wildman–Crippen LogP) is 3.21. The van der Waals surface area contributed by atoms with Crippen molar-refractivity contribution in [1.29, 1.82) is 0 Å². The molecule has 1 aromatic heterocycles. The summed E-state index contributed by atoms with van der Waals surface area (Å²) in [6, 6.07) is 9.02. The van der Waals surface area contributed by atoms with Crippen molar-refractivity contribution in [3.8, 4) is 5.75 Å². The van der Waals surface area contributed by atoms with Crippen LogP contribution >= 0.6 is 0 Å². The Morgan fingerprint density at radius 2 is 2.19 bits per heavy atom. The van der Waals surface area contributed by atoms with Crippen LogP contribution in [-0.2, 0) is 0 Å². The second-order valence-corrected chi connectivity index (χ2v) is 6.76. The van der Waals surface area contributed by atoms with E-state index in [1.165, 1.54) is 6.20 Å². The number of carbonyl (C=O) groups excluding carboxylic acids is 1. The minimum absolute atomic E-state index is 0.0381. The first kappa shape index (κ1) is 18.9. The summed E-state index contributed by atoms with van der Waals surface area (Å²) in [6.45, 7) is 5.59. The number of hydrogen-bond donors (Lipinski definition) is 1. The molecule has 2 aromatic rings. The van der Waals surface area contributed by atoms with Crippen molar-refractivity contribution in [3.05, 3.63) is 54.1 Å². The summed E-state index contributed by atoms with van der Waals surface area (Å²) >= 11 is 0. The van der Waals surface area contributed by atoms with Crippen LogP contribution in [0.1, 0.15) is 25.5 Å². The molecule has 7 heteroatoms. The van der Waals surface area contributed by atoms with Crippen LogP contribution in [0, 0.1) is 5.82 Å². The molecular formula is C20H25FN4O2. The van der Waals surface area contributed by atoms with E-state index < -0.39 is 0 Å². The first-order chi connectivity index (χ1) is 13.0. The molecule has 2 atom stereocenters. The molecule has 0 spiro atoms. The summed E-state index contributed by atoms with van der Waals surface area (Å²) in [5.74, 6) is 0.421. The quantitative estimate of drug-likeness (QED) is 0.895. The van der Waals surface area contributed by atoms with Crippen molar-refractivity contribution in [2.45, 2.75) is 25.9 Å². The molecule has 0 radical (unpaired) electrons. The number of hydrogen-bond acceptors (Lipinski definition) is 4. The Balaban J connectivity index is 1.62. The van der Waals surface area contributed by atoms with Gasteiger partial charge in [0.05, 0.1) is 25.0 Å². The van der Waals surface area contributed by atoms with Crippen molar-refractivity contribution in [1.82, 2.24) is 15.2 Å². The van der Waals surface area contributed by atoms with Gasteiger partial charge in [-0.3, -0.25) is 4.98 Å². The molecule has 1 fully saturated rings. The number of aromatic nitrogens is 1. The molecule has 3 rings (SSSR count). The number of urea groups is 1. The number of methoxy groups -OCH3 is 1. The maximum absolute atomic E-state index is 14.0. The molecule has 0 bridgehead atoms. The maximum atomic E-state index is 14.0. The van der Waals surface area contributed by atoms with Crippen LogP contribution in [0.4, 0.5) is 14.9 Å². The molecule has 0 unspecified atom stereocenters. The summed E-state index contributed by atoms with van der Waals surface area (Å²) in [6.07, 6.45) is 2.80. The van der Waals surface area contributed by atoms with Crippen molar-refractivity contribution in [2.24, 2.45) is 0 Å². The average molecular weight is 372 g/mol. The van der Waals surface area contributed by atoms with Crippen molar-refractivity contribution in [2.75, 3.05) is 31.6 Å². The van der Waals surface area contributed by atoms with E-state index in [-0.39, 0.29) is 23.9 Å². The van der Waals surface area contributed by atoms with Gasteiger partial charge in [0, 0.05) is 31.9 Å². The Kier molecular flexibility index (Phi) is 5.78. The van der Waals surface area contributed by atoms with Gasteiger partial charge < -0.3 is 19.9 Å². The lowest BCUT2D eigenvalue weighted by atomic mass is 10.1. The summed E-state index contributed by atoms with van der Waals surface area (Å²) in [4.78, 5) is 20.3. The molecule has 6 nitrogen and oxygen atoms in total. The standard InChI is InChI=1S/C20H25FN4O2/c1-14-13-24(19-7-8-22-12-18(19)21)9-10-25(14)20(26)23-15(2)16-5-4-6-17(11-16)27-3/h4-8,11-12,14-15H,9-10,13H2,1-3H3,(H,23,26)/t14-,15+/m0/s1. The average Bonchev–Trinajstić information content (AvgIpc) is 2.68. The predicted molar refractivity (Wildman–Crippen MR) is 103 cm³/mol. The summed E-state index contributed by atoms with van der Waals surface area (Å²) < 4.78 is 19.2. The Labute approximate surface area is 158 Å². The summed E-state index contributed by atoms with van der Waals surface area (Å²) in [5, 5.41) is 3.04. The molecule has 0 saturated carbocycles. The normalized spacial score (nSPS) is 18.1. The van der Waals surface area contributed by atoms with Gasteiger partial charge in [-0.05, 0) is 37.6 Å². The van der Waals surface area contributed by atoms with Crippen LogP contribution in [0.2, 0.25) is 0 Å². The highest BCUT2D eigenvalue weighted by atomic mass is 19.1. The van der Waals surface area contributed by atoms with Gasteiger partial charge in [-0.2, -0.15) is 0 Å². The molecule has 1 saturated heterocycles. The number of piperazine rings is 1. The first-order valence-electron chi connectivity index (χ1n) is 9.05. The highest BCUT2D eigenvalue weighted by molar-refractivity contribution is 5.75. The molecule has 1 aromatic carbocycles. The number of nitrogens with one attached hydrogen (secondary N) is 1. The van der Waals surface area contributed by atoms with E-state index in [1.807, 2.05) is 43.0 Å². The zero-order valence-electron chi connectivity index (χ0n) is 15.9. The first-order valence-corrected chi connectivity index (χ1v) is 9.05. The molecule has 1 aliphatic heterocycles. The summed E-state index contributed by atoms with van der Waals surface area (Å²) in [7, 11) is 1.62. The van der Waals surface area contributed by atoms with Crippen LogP contribution in [0.5, 0.6) is 5.75 Å². The topological polar surface area (TPSA) is 57.7 Å². The van der Waals surface area contributed by atoms with Gasteiger partial charge in [0.25, 0.3) is 0 Å². The van der Waals surface area contributed by atoms with Crippen LogP contribution in [0.15, 0.2) is 42.7 Å². The number of rotatable bonds is 4. The zero-order chi connectivity index (χ0) is 19.4. The fourth-order valence-corrected chi connectivity index (χ4v) is 3.36. The van der Waals surface area contributed by atoms with E-state index in [0.717, 1.165) is 11.3 Å². The number of ether oxygens (including phenoxy) is 1. The number of anilines is 1. The second kappa shape index (κ2) is 8.24. The number of benzene rings is 1. The largest absolute Gasteiger partial charge is 0.497 e. The Morgan fingerprint density at radius 3 is 2.89 bits per heavy atom. The highest BCUT2D eigenvalue weighted by Gasteiger charge is 2.29.